The Bertz CT molecular complexity index is 557. The summed E-state index contributed by atoms with van der Waals surface area (Å²) in [6.45, 7) is 0. The van der Waals surface area contributed by atoms with Crippen molar-refractivity contribution < 1.29 is 9.53 Å². The van der Waals surface area contributed by atoms with Gasteiger partial charge in [0.2, 0.25) is 0 Å². The van der Waals surface area contributed by atoms with Gasteiger partial charge < -0.3 is 4.74 Å². The highest BCUT2D eigenvalue weighted by atomic mass is 32.1. The number of rotatable bonds is 0. The Hall–Kier alpha value is -1.79. The number of carbonyl (C=O) groups excluding carboxylic acids is 1. The van der Waals surface area contributed by atoms with E-state index in [-0.39, 0.29) is 0 Å². The molecule has 1 heterocycles. The van der Waals surface area contributed by atoms with Crippen LogP contribution in [0.4, 0.5) is 0 Å². The fourth-order valence-corrected chi connectivity index (χ4v) is 2.14. The van der Waals surface area contributed by atoms with Crippen molar-refractivity contribution in [3.63, 3.8) is 0 Å². The molecule has 2 aromatic rings. The molecule has 0 saturated carbocycles. The Morgan fingerprint density at radius 1 is 1.40 bits per heavy atom. The first-order chi connectivity index (χ1) is 7.31. The van der Waals surface area contributed by atoms with Crippen molar-refractivity contribution in [2.45, 2.75) is 0 Å². The molecule has 3 heteroatoms. The molecule has 1 aromatic heterocycles. The summed E-state index contributed by atoms with van der Waals surface area (Å²) in [7, 11) is 1.32. The van der Waals surface area contributed by atoms with Crippen LogP contribution in [-0.4, -0.2) is 13.1 Å². The Morgan fingerprint density at radius 2 is 2.20 bits per heavy atom. The maximum atomic E-state index is 10.9. The van der Waals surface area contributed by atoms with Gasteiger partial charge in [-0.15, -0.1) is 11.3 Å². The third-order valence-corrected chi connectivity index (χ3v) is 2.93. The first-order valence-electron chi connectivity index (χ1n) is 4.37. The second kappa shape index (κ2) is 4.16. The van der Waals surface area contributed by atoms with Gasteiger partial charge in [0.05, 0.1) is 7.11 Å². The largest absolute Gasteiger partial charge is 0.459 e. The van der Waals surface area contributed by atoms with Crippen LogP contribution in [0.1, 0.15) is 5.56 Å². The Morgan fingerprint density at radius 3 is 3.00 bits per heavy atom. The van der Waals surface area contributed by atoms with E-state index in [1.807, 2.05) is 29.6 Å². The average molecular weight is 216 g/mol. The van der Waals surface area contributed by atoms with Crippen LogP contribution in [0, 0.1) is 11.8 Å². The normalized spacial score (nSPS) is 9.40. The molecule has 0 fully saturated rings. The van der Waals surface area contributed by atoms with Gasteiger partial charge in [-0.1, -0.05) is 24.1 Å². The lowest BCUT2D eigenvalue weighted by Gasteiger charge is -1.88. The predicted octanol–water partition coefficient (Wildman–Crippen LogP) is 2.43. The van der Waals surface area contributed by atoms with Crippen molar-refractivity contribution in [2.75, 3.05) is 7.11 Å². The van der Waals surface area contributed by atoms with Crippen LogP contribution < -0.4 is 0 Å². The Kier molecular flexibility index (Phi) is 2.70. The molecular weight excluding hydrogens is 208 g/mol. The fourth-order valence-electron chi connectivity index (χ4n) is 1.24. The lowest BCUT2D eigenvalue weighted by molar-refractivity contribution is -0.133. The number of ether oxygens (including phenoxy) is 1. The highest BCUT2D eigenvalue weighted by molar-refractivity contribution is 7.17. The molecule has 0 atom stereocenters. The van der Waals surface area contributed by atoms with Crippen molar-refractivity contribution >= 4 is 27.4 Å². The van der Waals surface area contributed by atoms with Gasteiger partial charge in [-0.2, -0.15) is 0 Å². The van der Waals surface area contributed by atoms with E-state index in [1.165, 1.54) is 11.8 Å². The zero-order valence-corrected chi connectivity index (χ0v) is 8.93. The van der Waals surface area contributed by atoms with Gasteiger partial charge in [0.25, 0.3) is 0 Å². The van der Waals surface area contributed by atoms with Crippen LogP contribution in [0.25, 0.3) is 10.1 Å². The van der Waals surface area contributed by atoms with E-state index in [1.54, 1.807) is 11.3 Å². The minimum absolute atomic E-state index is 0.509. The number of fused-ring (bicyclic) bond motifs is 1. The van der Waals surface area contributed by atoms with Gasteiger partial charge in [-0.3, -0.25) is 0 Å². The first kappa shape index (κ1) is 9.75. The van der Waals surface area contributed by atoms with Crippen LogP contribution >= 0.6 is 11.3 Å². The molecule has 0 amide bonds. The molecule has 0 aliphatic heterocycles. The quantitative estimate of drug-likeness (QED) is 0.499. The van der Waals surface area contributed by atoms with Crippen molar-refractivity contribution in [1.29, 1.82) is 0 Å². The Balaban J connectivity index is 2.43. The maximum absolute atomic E-state index is 10.9. The van der Waals surface area contributed by atoms with Crippen LogP contribution in [-0.2, 0) is 9.53 Å². The molecule has 1 aromatic carbocycles. The Labute approximate surface area is 91.5 Å². The summed E-state index contributed by atoms with van der Waals surface area (Å²) >= 11 is 1.62. The molecule has 0 unspecified atom stereocenters. The second-order valence-corrected chi connectivity index (χ2v) is 3.80. The monoisotopic (exact) mass is 216 g/mol. The summed E-state index contributed by atoms with van der Waals surface area (Å²) in [4.78, 5) is 10.9. The lowest BCUT2D eigenvalue weighted by Crippen LogP contribution is -1.94. The summed E-state index contributed by atoms with van der Waals surface area (Å²) < 4.78 is 5.62. The topological polar surface area (TPSA) is 26.3 Å². The SMILES string of the molecule is COC(=O)C#Cc1csc2ccccc12. The number of thiophene rings is 1. The van der Waals surface area contributed by atoms with E-state index in [2.05, 4.69) is 16.6 Å². The van der Waals surface area contributed by atoms with Gasteiger partial charge in [-0.25, -0.2) is 4.79 Å². The van der Waals surface area contributed by atoms with E-state index in [0.29, 0.717) is 0 Å². The number of methoxy groups -OCH3 is 1. The number of hydrogen-bond donors (Lipinski definition) is 0. The second-order valence-electron chi connectivity index (χ2n) is 2.89. The zero-order chi connectivity index (χ0) is 10.7. The van der Waals surface area contributed by atoms with Gasteiger partial charge in [0.15, 0.2) is 0 Å². The highest BCUT2D eigenvalue weighted by Gasteiger charge is 2.00. The van der Waals surface area contributed by atoms with Gasteiger partial charge >= 0.3 is 5.97 Å². The van der Waals surface area contributed by atoms with Gasteiger partial charge in [-0.05, 0) is 6.07 Å². The summed E-state index contributed by atoms with van der Waals surface area (Å²) in [6.07, 6.45) is 0. The van der Waals surface area contributed by atoms with E-state index >= 15 is 0 Å². The molecule has 74 valence electrons. The average Bonchev–Trinajstić information content (AvgIpc) is 2.69. The van der Waals surface area contributed by atoms with Crippen LogP contribution in [0.15, 0.2) is 29.6 Å². The molecule has 0 bridgehead atoms. The predicted molar refractivity (Wildman–Crippen MR) is 60.7 cm³/mol. The molecule has 0 radical (unpaired) electrons. The molecule has 0 spiro atoms. The van der Waals surface area contributed by atoms with E-state index in [9.17, 15) is 4.79 Å². The van der Waals surface area contributed by atoms with E-state index in [0.717, 1.165) is 10.9 Å². The lowest BCUT2D eigenvalue weighted by atomic mass is 10.2. The number of carbonyl (C=O) groups is 1. The van der Waals surface area contributed by atoms with E-state index in [4.69, 9.17) is 0 Å². The molecular formula is C12H8O2S. The third-order valence-electron chi connectivity index (χ3n) is 1.97. The van der Waals surface area contributed by atoms with Crippen molar-refractivity contribution in [2.24, 2.45) is 0 Å². The molecule has 0 N–H and O–H groups in total. The summed E-state index contributed by atoms with van der Waals surface area (Å²) in [5.74, 6) is 4.72. The minimum atomic E-state index is -0.509. The van der Waals surface area contributed by atoms with E-state index < -0.39 is 5.97 Å². The maximum Gasteiger partial charge on any atom is 0.384 e. The third kappa shape index (κ3) is 2.00. The molecule has 15 heavy (non-hydrogen) atoms. The smallest absolute Gasteiger partial charge is 0.384 e. The number of esters is 1. The van der Waals surface area contributed by atoms with Crippen molar-refractivity contribution in [3.8, 4) is 11.8 Å². The molecule has 2 rings (SSSR count). The zero-order valence-electron chi connectivity index (χ0n) is 8.11. The molecule has 2 nitrogen and oxygen atoms in total. The fraction of sp³-hybridized carbons (Fsp3) is 0.0833. The summed E-state index contributed by atoms with van der Waals surface area (Å²) in [5, 5.41) is 3.03. The standard InChI is InChI=1S/C12H8O2S/c1-14-12(13)7-6-9-8-15-11-5-3-2-4-10(9)11/h2-5,8H,1H3. The summed E-state index contributed by atoms with van der Waals surface area (Å²) in [5.41, 5.74) is 0.876. The minimum Gasteiger partial charge on any atom is -0.459 e. The van der Waals surface area contributed by atoms with Crippen LogP contribution in [0.5, 0.6) is 0 Å². The number of benzene rings is 1. The highest BCUT2D eigenvalue weighted by Crippen LogP contribution is 2.24. The molecule has 0 saturated heterocycles. The van der Waals surface area contributed by atoms with Crippen molar-refractivity contribution in [1.82, 2.24) is 0 Å². The van der Waals surface area contributed by atoms with Crippen LogP contribution in [0.2, 0.25) is 0 Å². The van der Waals surface area contributed by atoms with Crippen LogP contribution in [0.3, 0.4) is 0 Å². The number of hydrogen-bond acceptors (Lipinski definition) is 3. The van der Waals surface area contributed by atoms with Crippen molar-refractivity contribution in [3.05, 3.63) is 35.2 Å². The van der Waals surface area contributed by atoms with Gasteiger partial charge in [0, 0.05) is 27.0 Å². The first-order valence-corrected chi connectivity index (χ1v) is 5.25. The summed E-state index contributed by atoms with van der Waals surface area (Å²) in [6, 6.07) is 7.96. The molecule has 0 aliphatic carbocycles. The van der Waals surface area contributed by atoms with Gasteiger partial charge in [0.1, 0.15) is 0 Å². The molecule has 0 aliphatic rings.